The standard InChI is InChI=1S/C13H26N2O/c1-3-8-15(12-6-7-12)13(10-16-2)9-14-11-4-5-11/h11-14H,3-10H2,1-2H3. The van der Waals surface area contributed by atoms with E-state index in [0.29, 0.717) is 6.04 Å². The van der Waals surface area contributed by atoms with Crippen LogP contribution in [0.2, 0.25) is 0 Å². The highest BCUT2D eigenvalue weighted by Crippen LogP contribution is 2.29. The van der Waals surface area contributed by atoms with Gasteiger partial charge in [-0.25, -0.2) is 0 Å². The Balaban J connectivity index is 1.80. The average Bonchev–Trinajstić information content (AvgIpc) is 3.16. The van der Waals surface area contributed by atoms with Gasteiger partial charge in [0.2, 0.25) is 0 Å². The summed E-state index contributed by atoms with van der Waals surface area (Å²) in [5.41, 5.74) is 0. The number of rotatable bonds is 9. The maximum absolute atomic E-state index is 5.38. The zero-order valence-corrected chi connectivity index (χ0v) is 10.7. The van der Waals surface area contributed by atoms with Crippen molar-refractivity contribution in [1.82, 2.24) is 10.2 Å². The van der Waals surface area contributed by atoms with Crippen molar-refractivity contribution in [1.29, 1.82) is 0 Å². The van der Waals surface area contributed by atoms with Gasteiger partial charge < -0.3 is 10.1 Å². The first-order valence-corrected chi connectivity index (χ1v) is 6.83. The second kappa shape index (κ2) is 5.99. The Hall–Kier alpha value is -0.120. The molecule has 0 aromatic carbocycles. The second-order valence-corrected chi connectivity index (χ2v) is 5.26. The third-order valence-electron chi connectivity index (χ3n) is 3.55. The fraction of sp³-hybridized carbons (Fsp3) is 1.00. The van der Waals surface area contributed by atoms with Crippen molar-refractivity contribution < 1.29 is 4.74 Å². The zero-order chi connectivity index (χ0) is 11.4. The van der Waals surface area contributed by atoms with Crippen molar-refractivity contribution in [3.8, 4) is 0 Å². The summed E-state index contributed by atoms with van der Waals surface area (Å²) >= 11 is 0. The Morgan fingerprint density at radius 2 is 2.06 bits per heavy atom. The lowest BCUT2D eigenvalue weighted by Gasteiger charge is -2.31. The highest BCUT2D eigenvalue weighted by Gasteiger charge is 2.34. The van der Waals surface area contributed by atoms with Crippen LogP contribution in [0.25, 0.3) is 0 Å². The molecule has 1 unspecified atom stereocenters. The van der Waals surface area contributed by atoms with E-state index in [2.05, 4.69) is 17.1 Å². The smallest absolute Gasteiger partial charge is 0.0630 e. The minimum Gasteiger partial charge on any atom is -0.383 e. The molecule has 3 heteroatoms. The van der Waals surface area contributed by atoms with Crippen LogP contribution in [0.3, 0.4) is 0 Å². The highest BCUT2D eigenvalue weighted by atomic mass is 16.5. The first-order chi connectivity index (χ1) is 7.85. The van der Waals surface area contributed by atoms with Crippen LogP contribution in [0, 0.1) is 0 Å². The van der Waals surface area contributed by atoms with Gasteiger partial charge in [-0.15, -0.1) is 0 Å². The van der Waals surface area contributed by atoms with Gasteiger partial charge in [-0.3, -0.25) is 4.90 Å². The first kappa shape index (κ1) is 12.3. The summed E-state index contributed by atoms with van der Waals surface area (Å²) in [6.07, 6.45) is 6.78. The molecule has 0 bridgehead atoms. The Kier molecular flexibility index (Phi) is 4.62. The van der Waals surface area contributed by atoms with Crippen molar-refractivity contribution in [3.05, 3.63) is 0 Å². The van der Waals surface area contributed by atoms with Gasteiger partial charge >= 0.3 is 0 Å². The van der Waals surface area contributed by atoms with Crippen LogP contribution < -0.4 is 5.32 Å². The van der Waals surface area contributed by atoms with Crippen LogP contribution in [0.15, 0.2) is 0 Å². The van der Waals surface area contributed by atoms with Crippen molar-refractivity contribution in [2.45, 2.75) is 57.2 Å². The second-order valence-electron chi connectivity index (χ2n) is 5.26. The quantitative estimate of drug-likeness (QED) is 0.647. The summed E-state index contributed by atoms with van der Waals surface area (Å²) in [5.74, 6) is 0. The van der Waals surface area contributed by atoms with E-state index in [9.17, 15) is 0 Å². The number of hydrogen-bond acceptors (Lipinski definition) is 3. The predicted octanol–water partition coefficient (Wildman–Crippen LogP) is 1.63. The lowest BCUT2D eigenvalue weighted by molar-refractivity contribution is 0.0835. The van der Waals surface area contributed by atoms with E-state index in [1.54, 1.807) is 0 Å². The molecule has 2 saturated carbocycles. The minimum absolute atomic E-state index is 0.582. The Morgan fingerprint density at radius 1 is 1.31 bits per heavy atom. The van der Waals surface area contributed by atoms with E-state index in [4.69, 9.17) is 4.74 Å². The van der Waals surface area contributed by atoms with Gasteiger partial charge in [0.15, 0.2) is 0 Å². The summed E-state index contributed by atoms with van der Waals surface area (Å²) in [6, 6.07) is 2.24. The third kappa shape index (κ3) is 3.72. The highest BCUT2D eigenvalue weighted by molar-refractivity contribution is 4.91. The van der Waals surface area contributed by atoms with E-state index in [-0.39, 0.29) is 0 Å². The molecule has 0 aromatic heterocycles. The number of methoxy groups -OCH3 is 1. The van der Waals surface area contributed by atoms with Crippen LogP contribution in [0.5, 0.6) is 0 Å². The molecule has 0 aromatic rings. The number of nitrogens with zero attached hydrogens (tertiary/aromatic N) is 1. The van der Waals surface area contributed by atoms with E-state index in [1.165, 1.54) is 38.6 Å². The molecule has 1 N–H and O–H groups in total. The van der Waals surface area contributed by atoms with Gasteiger partial charge in [0.1, 0.15) is 0 Å². The van der Waals surface area contributed by atoms with E-state index < -0.39 is 0 Å². The molecule has 2 aliphatic carbocycles. The average molecular weight is 226 g/mol. The van der Waals surface area contributed by atoms with Crippen LogP contribution in [-0.2, 0) is 4.74 Å². The molecule has 0 radical (unpaired) electrons. The molecular formula is C13H26N2O. The lowest BCUT2D eigenvalue weighted by atomic mass is 10.2. The third-order valence-corrected chi connectivity index (χ3v) is 3.55. The summed E-state index contributed by atoms with van der Waals surface area (Å²) in [7, 11) is 1.82. The fourth-order valence-corrected chi connectivity index (χ4v) is 2.38. The molecule has 3 nitrogen and oxygen atoms in total. The molecule has 1 atom stereocenters. The topological polar surface area (TPSA) is 24.5 Å². The molecular weight excluding hydrogens is 200 g/mol. The van der Waals surface area contributed by atoms with Gasteiger partial charge in [-0.05, 0) is 38.6 Å². The van der Waals surface area contributed by atoms with E-state index in [1.807, 2.05) is 7.11 Å². The van der Waals surface area contributed by atoms with Gasteiger partial charge in [-0.1, -0.05) is 6.92 Å². The van der Waals surface area contributed by atoms with Gasteiger partial charge in [0.05, 0.1) is 6.61 Å². The minimum atomic E-state index is 0.582. The number of hydrogen-bond donors (Lipinski definition) is 1. The normalized spacial score (nSPS) is 22.7. The van der Waals surface area contributed by atoms with Crippen molar-refractivity contribution >= 4 is 0 Å². The van der Waals surface area contributed by atoms with Crippen LogP contribution in [0.1, 0.15) is 39.0 Å². The Morgan fingerprint density at radius 3 is 2.56 bits per heavy atom. The molecule has 0 spiro atoms. The molecule has 2 rings (SSSR count). The summed E-state index contributed by atoms with van der Waals surface area (Å²) < 4.78 is 5.38. The lowest BCUT2D eigenvalue weighted by Crippen LogP contribution is -2.47. The number of nitrogens with one attached hydrogen (secondary N) is 1. The monoisotopic (exact) mass is 226 g/mol. The maximum atomic E-state index is 5.38. The summed E-state index contributed by atoms with van der Waals surface area (Å²) in [4.78, 5) is 2.67. The van der Waals surface area contributed by atoms with Crippen LogP contribution >= 0.6 is 0 Å². The van der Waals surface area contributed by atoms with Gasteiger partial charge in [-0.2, -0.15) is 0 Å². The maximum Gasteiger partial charge on any atom is 0.0630 e. The Labute approximate surface area is 99.5 Å². The zero-order valence-electron chi connectivity index (χ0n) is 10.7. The van der Waals surface area contributed by atoms with E-state index in [0.717, 1.165) is 25.2 Å². The SMILES string of the molecule is CCCN(C1CC1)C(CNC1CC1)COC. The number of ether oxygens (including phenoxy) is 1. The molecule has 0 heterocycles. The molecule has 94 valence electrons. The fourth-order valence-electron chi connectivity index (χ4n) is 2.38. The molecule has 16 heavy (non-hydrogen) atoms. The van der Waals surface area contributed by atoms with E-state index >= 15 is 0 Å². The molecule has 0 aliphatic heterocycles. The summed E-state index contributed by atoms with van der Waals surface area (Å²) in [6.45, 7) is 5.48. The van der Waals surface area contributed by atoms with Crippen LogP contribution in [0.4, 0.5) is 0 Å². The molecule has 0 amide bonds. The molecule has 0 saturated heterocycles. The predicted molar refractivity (Wildman–Crippen MR) is 66.7 cm³/mol. The Bertz CT molecular complexity index is 202. The van der Waals surface area contributed by atoms with Crippen molar-refractivity contribution in [3.63, 3.8) is 0 Å². The summed E-state index contributed by atoms with van der Waals surface area (Å²) in [5, 5.41) is 3.64. The van der Waals surface area contributed by atoms with Crippen molar-refractivity contribution in [2.24, 2.45) is 0 Å². The first-order valence-electron chi connectivity index (χ1n) is 6.83. The molecule has 2 aliphatic rings. The largest absolute Gasteiger partial charge is 0.383 e. The van der Waals surface area contributed by atoms with Gasteiger partial charge in [0.25, 0.3) is 0 Å². The van der Waals surface area contributed by atoms with Crippen molar-refractivity contribution in [2.75, 3.05) is 26.8 Å². The van der Waals surface area contributed by atoms with Crippen LogP contribution in [-0.4, -0.2) is 49.8 Å². The van der Waals surface area contributed by atoms with Gasteiger partial charge in [0, 0.05) is 31.8 Å². The molecule has 2 fully saturated rings.